The molecule has 0 bridgehead atoms. The van der Waals surface area contributed by atoms with E-state index in [-0.39, 0.29) is 24.1 Å². The number of hydrogen-bond acceptors (Lipinski definition) is 3. The molecule has 0 atom stereocenters. The van der Waals surface area contributed by atoms with Gasteiger partial charge in [0.25, 0.3) is 0 Å². The van der Waals surface area contributed by atoms with Crippen LogP contribution in [0.4, 0.5) is 15.8 Å². The quantitative estimate of drug-likeness (QED) is 0.832. The molecular formula is C17H17FN2O2. The molecule has 0 radical (unpaired) electrons. The average Bonchev–Trinajstić information content (AvgIpc) is 2.49. The first kappa shape index (κ1) is 15.7. The van der Waals surface area contributed by atoms with Gasteiger partial charge >= 0.3 is 0 Å². The van der Waals surface area contributed by atoms with Crippen molar-refractivity contribution in [3.63, 3.8) is 0 Å². The summed E-state index contributed by atoms with van der Waals surface area (Å²) >= 11 is 0. The van der Waals surface area contributed by atoms with Gasteiger partial charge in [0.2, 0.25) is 5.91 Å². The zero-order valence-corrected chi connectivity index (χ0v) is 12.4. The predicted molar refractivity (Wildman–Crippen MR) is 84.7 cm³/mol. The van der Waals surface area contributed by atoms with Crippen molar-refractivity contribution in [3.8, 4) is 0 Å². The summed E-state index contributed by atoms with van der Waals surface area (Å²) in [6.45, 7) is 3.15. The molecule has 5 heteroatoms. The summed E-state index contributed by atoms with van der Waals surface area (Å²) in [5.41, 5.74) is 2.17. The number of carbonyl (C=O) groups excluding carboxylic acids is 2. The second-order valence-corrected chi connectivity index (χ2v) is 5.00. The summed E-state index contributed by atoms with van der Waals surface area (Å²) in [4.78, 5) is 23.2. The van der Waals surface area contributed by atoms with Gasteiger partial charge in [-0.3, -0.25) is 9.59 Å². The van der Waals surface area contributed by atoms with Gasteiger partial charge in [0, 0.05) is 16.9 Å². The van der Waals surface area contributed by atoms with Gasteiger partial charge in [-0.25, -0.2) is 4.39 Å². The van der Waals surface area contributed by atoms with Gasteiger partial charge in [0.15, 0.2) is 5.78 Å². The van der Waals surface area contributed by atoms with Crippen LogP contribution in [0.1, 0.15) is 22.8 Å². The molecule has 2 aromatic rings. The molecule has 0 aromatic heterocycles. The van der Waals surface area contributed by atoms with Crippen molar-refractivity contribution >= 4 is 23.1 Å². The molecule has 0 fully saturated rings. The van der Waals surface area contributed by atoms with E-state index in [2.05, 4.69) is 10.6 Å². The minimum Gasteiger partial charge on any atom is -0.376 e. The number of hydrogen-bond donors (Lipinski definition) is 2. The highest BCUT2D eigenvalue weighted by molar-refractivity contribution is 5.98. The molecule has 0 spiro atoms. The van der Waals surface area contributed by atoms with Crippen LogP contribution >= 0.6 is 0 Å². The van der Waals surface area contributed by atoms with Gasteiger partial charge in [-0.2, -0.15) is 0 Å². The van der Waals surface area contributed by atoms with Crippen LogP contribution in [-0.4, -0.2) is 18.2 Å². The number of Topliss-reactive ketones (excluding diaryl/α,β-unsaturated/α-hetero) is 1. The van der Waals surface area contributed by atoms with Crippen molar-refractivity contribution in [2.24, 2.45) is 0 Å². The van der Waals surface area contributed by atoms with E-state index in [0.29, 0.717) is 22.5 Å². The number of aryl methyl sites for hydroxylation is 1. The van der Waals surface area contributed by atoms with Gasteiger partial charge in [0.1, 0.15) is 5.82 Å². The zero-order valence-electron chi connectivity index (χ0n) is 12.4. The fraction of sp³-hybridized carbons (Fsp3) is 0.176. The molecule has 0 heterocycles. The van der Waals surface area contributed by atoms with E-state index in [1.54, 1.807) is 43.3 Å². The monoisotopic (exact) mass is 300 g/mol. The Morgan fingerprint density at radius 3 is 2.55 bits per heavy atom. The minimum atomic E-state index is -0.320. The molecule has 0 unspecified atom stereocenters. The fourth-order valence-electron chi connectivity index (χ4n) is 1.91. The van der Waals surface area contributed by atoms with Crippen molar-refractivity contribution in [2.45, 2.75) is 13.8 Å². The molecule has 0 saturated heterocycles. The Hall–Kier alpha value is -2.69. The Balaban J connectivity index is 1.94. The largest absolute Gasteiger partial charge is 0.376 e. The molecule has 0 saturated carbocycles. The first-order valence-electron chi connectivity index (χ1n) is 6.86. The number of nitrogens with one attached hydrogen (secondary N) is 2. The van der Waals surface area contributed by atoms with Crippen molar-refractivity contribution < 1.29 is 14.0 Å². The maximum Gasteiger partial charge on any atom is 0.243 e. The molecule has 4 nitrogen and oxygen atoms in total. The van der Waals surface area contributed by atoms with Crippen molar-refractivity contribution in [3.05, 3.63) is 59.4 Å². The summed E-state index contributed by atoms with van der Waals surface area (Å²) in [5, 5.41) is 5.54. The molecule has 0 aliphatic heterocycles. The Labute approximate surface area is 128 Å². The standard InChI is InChI=1S/C17H17FN2O2/c1-11-6-7-14(9-16(11)18)19-10-17(22)20-15-5-3-4-13(8-15)12(2)21/h3-9,19H,10H2,1-2H3,(H,20,22). The van der Waals surface area contributed by atoms with Crippen LogP contribution in [0.15, 0.2) is 42.5 Å². The van der Waals surface area contributed by atoms with Gasteiger partial charge in [0.05, 0.1) is 6.54 Å². The average molecular weight is 300 g/mol. The molecular weight excluding hydrogens is 283 g/mol. The number of ketones is 1. The maximum atomic E-state index is 13.4. The second-order valence-electron chi connectivity index (χ2n) is 5.00. The molecule has 22 heavy (non-hydrogen) atoms. The molecule has 0 aliphatic rings. The molecule has 2 aromatic carbocycles. The predicted octanol–water partition coefficient (Wildman–Crippen LogP) is 3.39. The highest BCUT2D eigenvalue weighted by atomic mass is 19.1. The van der Waals surface area contributed by atoms with Gasteiger partial charge in [-0.05, 0) is 43.7 Å². The van der Waals surface area contributed by atoms with Gasteiger partial charge in [-0.15, -0.1) is 0 Å². The number of anilines is 2. The Kier molecular flexibility index (Phi) is 4.88. The number of rotatable bonds is 5. The van der Waals surface area contributed by atoms with Crippen LogP contribution in [-0.2, 0) is 4.79 Å². The fourth-order valence-corrected chi connectivity index (χ4v) is 1.91. The number of amides is 1. The van der Waals surface area contributed by atoms with E-state index in [1.807, 2.05) is 0 Å². The first-order valence-corrected chi connectivity index (χ1v) is 6.86. The third-order valence-corrected chi connectivity index (χ3v) is 3.18. The summed E-state index contributed by atoms with van der Waals surface area (Å²) in [7, 11) is 0. The molecule has 2 rings (SSSR count). The van der Waals surface area contributed by atoms with Gasteiger partial charge in [-0.1, -0.05) is 18.2 Å². The highest BCUT2D eigenvalue weighted by Gasteiger charge is 2.06. The van der Waals surface area contributed by atoms with E-state index in [0.717, 1.165) is 0 Å². The van der Waals surface area contributed by atoms with E-state index in [4.69, 9.17) is 0 Å². The van der Waals surface area contributed by atoms with Crippen LogP contribution in [0, 0.1) is 12.7 Å². The van der Waals surface area contributed by atoms with E-state index < -0.39 is 0 Å². The zero-order chi connectivity index (χ0) is 16.1. The van der Waals surface area contributed by atoms with Crippen LogP contribution < -0.4 is 10.6 Å². The SMILES string of the molecule is CC(=O)c1cccc(NC(=O)CNc2ccc(C)c(F)c2)c1. The van der Waals surface area contributed by atoms with Crippen molar-refractivity contribution in [2.75, 3.05) is 17.2 Å². The second kappa shape index (κ2) is 6.85. The van der Waals surface area contributed by atoms with Gasteiger partial charge < -0.3 is 10.6 Å². The topological polar surface area (TPSA) is 58.2 Å². The number of benzene rings is 2. The Bertz CT molecular complexity index is 714. The highest BCUT2D eigenvalue weighted by Crippen LogP contribution is 2.14. The lowest BCUT2D eigenvalue weighted by molar-refractivity contribution is -0.114. The summed E-state index contributed by atoms with van der Waals surface area (Å²) in [6, 6.07) is 11.4. The van der Waals surface area contributed by atoms with Crippen LogP contribution in [0.25, 0.3) is 0 Å². The Morgan fingerprint density at radius 2 is 1.86 bits per heavy atom. The molecule has 2 N–H and O–H groups in total. The molecule has 1 amide bonds. The van der Waals surface area contributed by atoms with Crippen LogP contribution in [0.2, 0.25) is 0 Å². The lowest BCUT2D eigenvalue weighted by atomic mass is 10.1. The van der Waals surface area contributed by atoms with Crippen LogP contribution in [0.3, 0.4) is 0 Å². The molecule has 114 valence electrons. The van der Waals surface area contributed by atoms with Crippen molar-refractivity contribution in [1.29, 1.82) is 0 Å². The third-order valence-electron chi connectivity index (χ3n) is 3.18. The normalized spacial score (nSPS) is 10.1. The minimum absolute atomic E-state index is 0.00675. The smallest absolute Gasteiger partial charge is 0.243 e. The Morgan fingerprint density at radius 1 is 1.09 bits per heavy atom. The van der Waals surface area contributed by atoms with Crippen LogP contribution in [0.5, 0.6) is 0 Å². The first-order chi connectivity index (χ1) is 10.5. The van der Waals surface area contributed by atoms with E-state index in [1.165, 1.54) is 13.0 Å². The summed E-state index contributed by atoms with van der Waals surface area (Å²) < 4.78 is 13.4. The van der Waals surface area contributed by atoms with E-state index >= 15 is 0 Å². The summed E-state index contributed by atoms with van der Waals surface area (Å²) in [6.07, 6.45) is 0. The number of carbonyl (C=O) groups is 2. The summed E-state index contributed by atoms with van der Waals surface area (Å²) in [5.74, 6) is -0.661. The number of halogens is 1. The van der Waals surface area contributed by atoms with E-state index in [9.17, 15) is 14.0 Å². The lowest BCUT2D eigenvalue weighted by Crippen LogP contribution is -2.21. The molecule has 0 aliphatic carbocycles. The lowest BCUT2D eigenvalue weighted by Gasteiger charge is -2.09. The van der Waals surface area contributed by atoms with Crippen molar-refractivity contribution in [1.82, 2.24) is 0 Å². The maximum absolute atomic E-state index is 13.4. The third kappa shape index (κ3) is 4.15.